The smallest absolute Gasteiger partial charge is 0.445 e. The lowest BCUT2D eigenvalue weighted by Gasteiger charge is -2.33. The highest BCUT2D eigenvalue weighted by Gasteiger charge is 2.40. The minimum absolute atomic E-state index is 0.0325. The Labute approximate surface area is 656 Å². The molecule has 0 bridgehead atoms. The lowest BCUT2D eigenvalue weighted by molar-refractivity contribution is -0.137. The molecule has 31 nitrogen and oxygen atoms in total. The van der Waals surface area contributed by atoms with E-state index in [-0.39, 0.29) is 161 Å². The number of fused-ring (bicyclic) bond motifs is 6. The number of phosphoric ester groups is 1. The van der Waals surface area contributed by atoms with Gasteiger partial charge in [0, 0.05) is 124 Å². The Morgan fingerprint density at radius 1 is 0.595 bits per heavy atom. The number of hydrogen-bond donors (Lipinski definition) is 4. The van der Waals surface area contributed by atoms with Gasteiger partial charge in [0.2, 0.25) is 11.8 Å². The van der Waals surface area contributed by atoms with Crippen molar-refractivity contribution in [3.63, 3.8) is 0 Å². The molecule has 0 unspecified atom stereocenters. The number of ether oxygens (including phenoxy) is 10. The fourth-order valence-corrected chi connectivity index (χ4v) is 14.5. The molecule has 0 saturated carbocycles. The van der Waals surface area contributed by atoms with Gasteiger partial charge in [-0.3, -0.25) is 53.1 Å². The number of benzene rings is 5. The Balaban J connectivity index is 0.750. The van der Waals surface area contributed by atoms with E-state index in [9.17, 15) is 57.5 Å². The van der Waals surface area contributed by atoms with Gasteiger partial charge in [0.25, 0.3) is 29.5 Å². The van der Waals surface area contributed by atoms with E-state index in [0.717, 1.165) is 21.8 Å². The van der Waals surface area contributed by atoms with Crippen molar-refractivity contribution in [3.8, 4) is 11.5 Å². The molecule has 3 aliphatic rings. The van der Waals surface area contributed by atoms with Crippen LogP contribution < -0.4 is 35.0 Å². The first-order valence-corrected chi connectivity index (χ1v) is 39.5. The molecule has 5 aromatic carbocycles. The second-order valence-electron chi connectivity index (χ2n) is 26.2. The zero-order chi connectivity index (χ0) is 79.7. The molecule has 9 amide bonds. The van der Waals surface area contributed by atoms with Gasteiger partial charge < -0.3 is 82.5 Å². The third-order valence-corrected chi connectivity index (χ3v) is 20.6. The van der Waals surface area contributed by atoms with Crippen LogP contribution in [0.4, 0.5) is 26.7 Å². The number of anilines is 3. The second kappa shape index (κ2) is 42.3. The van der Waals surface area contributed by atoms with Crippen LogP contribution in [-0.4, -0.2) is 254 Å². The maximum atomic E-state index is 14.9. The molecule has 0 radical (unpaired) electrons. The molecule has 0 spiro atoms. The number of nitrogens with zero attached hydrogens (tertiary/aromatic N) is 6. The monoisotopic (exact) mass is 1620 g/mol. The van der Waals surface area contributed by atoms with Crippen LogP contribution in [0.2, 0.25) is 0 Å². The standard InChI is InChI=1S/C76H93Cl2N8O23PS/c1-49(2)70(80-65(87)22-28-101-32-34-103-36-38-105-40-41-106-39-37-104-35-33-102-31-27-83-66(88)20-21-67(83)89)74(93)86(50(3)71(79)90)54-16-14-51(15-17-54)48-107-75(94)81(25-29-99-4)23-24-82(26-30-100-5)76(95)108-61-42-59-68(57-12-8-6-10-55(57)61)52(44-77)46-84(59)72(91)63-18-19-64(111-63)73(92)85-47-53(45-78)69-58-13-9-7-11-56(58)62(43-60(69)85)109-110(96,97)98/h6-21,42-43,49-50,52-53,70H,22-41,44-48H2,1-5H3,(H2,79,90)(H,80,87)(H2,96,97,98)/t50-,52+,53+,70-/m0/s1. The first kappa shape index (κ1) is 86.3. The van der Waals surface area contributed by atoms with E-state index in [1.807, 2.05) is 12.1 Å². The summed E-state index contributed by atoms with van der Waals surface area (Å²) in [7, 11) is -2.08. The van der Waals surface area contributed by atoms with Crippen molar-refractivity contribution < 1.29 is 109 Å². The molecule has 5 N–H and O–H groups in total. The number of imide groups is 1. The van der Waals surface area contributed by atoms with Crippen LogP contribution >= 0.6 is 42.4 Å². The summed E-state index contributed by atoms with van der Waals surface area (Å²) < 4.78 is 73.1. The van der Waals surface area contributed by atoms with Crippen molar-refractivity contribution in [1.29, 1.82) is 0 Å². The van der Waals surface area contributed by atoms with E-state index in [0.29, 0.717) is 96.9 Å². The van der Waals surface area contributed by atoms with E-state index in [4.69, 9.17) is 80.8 Å². The predicted molar refractivity (Wildman–Crippen MR) is 413 cm³/mol. The highest BCUT2D eigenvalue weighted by Crippen LogP contribution is 2.51. The number of primary amides is 1. The molecule has 111 heavy (non-hydrogen) atoms. The van der Waals surface area contributed by atoms with E-state index in [2.05, 4.69) is 5.32 Å². The van der Waals surface area contributed by atoms with Gasteiger partial charge in [-0.2, -0.15) is 0 Å². The first-order valence-electron chi connectivity index (χ1n) is 36.1. The third-order valence-electron chi connectivity index (χ3n) is 18.4. The second-order valence-corrected chi connectivity index (χ2v) is 29.1. The molecular formula is C76H93Cl2N8O23PS. The maximum absolute atomic E-state index is 14.9. The van der Waals surface area contributed by atoms with Crippen LogP contribution in [0.1, 0.15) is 75.1 Å². The normalized spacial score (nSPS) is 15.1. The summed E-state index contributed by atoms with van der Waals surface area (Å²) in [6.45, 7) is 8.76. The van der Waals surface area contributed by atoms with Gasteiger partial charge in [-0.15, -0.1) is 34.5 Å². The first-order chi connectivity index (χ1) is 53.5. The number of carbonyl (C=O) groups excluding carboxylic acids is 9. The largest absolute Gasteiger partial charge is 0.524 e. The van der Waals surface area contributed by atoms with Crippen molar-refractivity contribution in [3.05, 3.63) is 136 Å². The van der Waals surface area contributed by atoms with E-state index < -0.39 is 67.5 Å². The van der Waals surface area contributed by atoms with Gasteiger partial charge in [-0.1, -0.05) is 74.5 Å². The number of carbonyl (C=O) groups is 9. The van der Waals surface area contributed by atoms with Crippen molar-refractivity contribution in [2.45, 2.75) is 57.7 Å². The van der Waals surface area contributed by atoms with Crippen LogP contribution in [0.25, 0.3) is 21.5 Å². The Morgan fingerprint density at radius 2 is 1.05 bits per heavy atom. The lowest BCUT2D eigenvalue weighted by Crippen LogP contribution is -2.56. The summed E-state index contributed by atoms with van der Waals surface area (Å²) in [6, 6.07) is 24.4. The average Bonchev–Trinajstić information content (AvgIpc) is 1.61. The molecule has 4 heterocycles. The van der Waals surface area contributed by atoms with Gasteiger partial charge in [-0.25, -0.2) is 14.2 Å². The topological polar surface area (TPSA) is 370 Å². The average molecular weight is 1620 g/mol. The minimum atomic E-state index is -5.02. The number of nitrogens with two attached hydrogens (primary N) is 1. The van der Waals surface area contributed by atoms with Crippen LogP contribution in [-0.2, 0) is 77.8 Å². The summed E-state index contributed by atoms with van der Waals surface area (Å²) in [5.74, 6) is -4.35. The summed E-state index contributed by atoms with van der Waals surface area (Å²) in [5, 5.41) is 5.07. The minimum Gasteiger partial charge on any atom is -0.445 e. The fourth-order valence-electron chi connectivity index (χ4n) is 12.7. The molecule has 600 valence electrons. The van der Waals surface area contributed by atoms with Crippen LogP contribution in [0.3, 0.4) is 0 Å². The van der Waals surface area contributed by atoms with Crippen molar-refractivity contribution >= 4 is 135 Å². The number of halogens is 2. The Kier molecular flexibility index (Phi) is 32.8. The van der Waals surface area contributed by atoms with Crippen molar-refractivity contribution in [1.82, 2.24) is 20.0 Å². The van der Waals surface area contributed by atoms with Gasteiger partial charge in [0.15, 0.2) is 0 Å². The van der Waals surface area contributed by atoms with Crippen LogP contribution in [0.5, 0.6) is 11.5 Å². The third kappa shape index (κ3) is 23.2. The van der Waals surface area contributed by atoms with Crippen LogP contribution in [0, 0.1) is 5.92 Å². The SMILES string of the molecule is COCCN(CCN(CCOC)C(=O)Oc1cc2c(c3ccccc13)[C@H](CCl)CN2C(=O)c1ccc(C(=O)N2C[C@@H](CCl)c3c2cc(OP(=O)(O)O)c2ccccc32)s1)C(=O)OCc1ccc(N(C(=O)[C@@H](NC(=O)CCOCCOCCOCCOCCOCCOCCN2C(=O)C=CC2=O)C(C)C)[C@@H](C)C(N)=O)cc1. The molecule has 4 atom stereocenters. The molecule has 0 saturated heterocycles. The van der Waals surface area contributed by atoms with Gasteiger partial charge in [0.1, 0.15) is 30.2 Å². The molecule has 0 fully saturated rings. The Morgan fingerprint density at radius 3 is 1.50 bits per heavy atom. The zero-order valence-electron chi connectivity index (χ0n) is 62.3. The van der Waals surface area contributed by atoms with E-state index in [1.165, 1.54) is 59.0 Å². The summed E-state index contributed by atoms with van der Waals surface area (Å²) in [5.41, 5.74) is 8.83. The highest BCUT2D eigenvalue weighted by atomic mass is 35.5. The number of hydrogen-bond acceptors (Lipinski definition) is 22. The van der Waals surface area contributed by atoms with E-state index >= 15 is 0 Å². The zero-order valence-corrected chi connectivity index (χ0v) is 65.5. The molecule has 0 aliphatic carbocycles. The number of methoxy groups -OCH3 is 2. The quantitative estimate of drug-likeness (QED) is 0.0122. The number of alkyl halides is 2. The molecule has 6 aromatic rings. The number of phosphoric acid groups is 1. The van der Waals surface area contributed by atoms with Gasteiger partial charge in [0.05, 0.1) is 120 Å². The number of rotatable bonds is 45. The number of amides is 9. The number of nitrogens with one attached hydrogen (secondary N) is 1. The summed E-state index contributed by atoms with van der Waals surface area (Å²) in [4.78, 5) is 150. The highest BCUT2D eigenvalue weighted by molar-refractivity contribution is 7.46. The van der Waals surface area contributed by atoms with Crippen molar-refractivity contribution in [2.75, 3.05) is 179 Å². The molecule has 9 rings (SSSR count). The summed E-state index contributed by atoms with van der Waals surface area (Å²) >= 11 is 14.1. The lowest BCUT2D eigenvalue weighted by atomic mass is 9.95. The predicted octanol–water partition coefficient (Wildman–Crippen LogP) is 7.99. The van der Waals surface area contributed by atoms with E-state index in [1.54, 1.807) is 97.6 Å². The molecular weight excluding hydrogens is 1530 g/mol. The molecule has 1 aromatic heterocycles. The molecule has 35 heteroatoms. The van der Waals surface area contributed by atoms with Crippen molar-refractivity contribution in [2.24, 2.45) is 11.7 Å². The Bertz CT molecular complexity index is 4300. The molecule has 3 aliphatic heterocycles. The Hall–Kier alpha value is -8.70. The number of thiophene rings is 1. The van der Waals surface area contributed by atoms with Crippen LogP contribution in [0.15, 0.2) is 109 Å². The summed E-state index contributed by atoms with van der Waals surface area (Å²) in [6.07, 6.45) is 0.832. The van der Waals surface area contributed by atoms with Gasteiger partial charge >= 0.3 is 20.0 Å². The van der Waals surface area contributed by atoms with Gasteiger partial charge in [-0.05, 0) is 64.6 Å². The fraction of sp³-hybridized carbons (Fsp3) is 0.461. The maximum Gasteiger partial charge on any atom is 0.524 e.